The standard InChI is InChI=1S/C35H48N4O2/c1-32(2)23-12-13-24(36-23)33(3,4)26-16-17-28(38-26)35(7,8)31-22(18-20-41-30-11-9-10-19-40-30)21-29(39-31)34(5,6)27-15-14-25(32)37-27/h12-17,21,30,36-39H,9-11,18-20H2,1-8H3. The van der Waals surface area contributed by atoms with Crippen molar-refractivity contribution in [2.24, 2.45) is 0 Å². The van der Waals surface area contributed by atoms with Crippen LogP contribution < -0.4 is 0 Å². The molecule has 1 fully saturated rings. The minimum atomic E-state index is -0.264. The van der Waals surface area contributed by atoms with Crippen molar-refractivity contribution in [3.63, 3.8) is 0 Å². The van der Waals surface area contributed by atoms with Gasteiger partial charge in [0.1, 0.15) is 0 Å². The van der Waals surface area contributed by atoms with Crippen LogP contribution in [0, 0.1) is 0 Å². The summed E-state index contributed by atoms with van der Waals surface area (Å²) >= 11 is 0. The van der Waals surface area contributed by atoms with E-state index in [1.54, 1.807) is 0 Å². The Labute approximate surface area is 245 Å². The third-order valence-corrected chi connectivity index (χ3v) is 10.1. The minimum absolute atomic E-state index is 0.0770. The molecule has 41 heavy (non-hydrogen) atoms. The normalized spacial score (nSPS) is 22.5. The van der Waals surface area contributed by atoms with Crippen LogP contribution in [0.3, 0.4) is 0 Å². The third kappa shape index (κ3) is 4.73. The molecule has 2 aliphatic rings. The Morgan fingerprint density at radius 3 is 1.56 bits per heavy atom. The first-order valence-corrected chi connectivity index (χ1v) is 15.4. The molecule has 1 atom stereocenters. The number of nitrogens with one attached hydrogen (secondary N) is 4. The van der Waals surface area contributed by atoms with Gasteiger partial charge in [0, 0.05) is 73.8 Å². The summed E-state index contributed by atoms with van der Waals surface area (Å²) in [6.45, 7) is 19.8. The Morgan fingerprint density at radius 2 is 1.10 bits per heavy atom. The number of aromatic amines is 4. The van der Waals surface area contributed by atoms with E-state index in [1.807, 2.05) is 0 Å². The van der Waals surface area contributed by atoms with E-state index in [0.717, 1.165) is 25.9 Å². The lowest BCUT2D eigenvalue weighted by Gasteiger charge is -2.29. The van der Waals surface area contributed by atoms with E-state index in [1.165, 1.54) is 57.5 Å². The zero-order valence-electron chi connectivity index (χ0n) is 26.2. The predicted octanol–water partition coefficient (Wildman–Crippen LogP) is 7.70. The van der Waals surface area contributed by atoms with Crippen LogP contribution in [0.25, 0.3) is 0 Å². The average Bonchev–Trinajstić information content (AvgIpc) is 3.75. The second-order valence-corrected chi connectivity index (χ2v) is 14.4. The maximum atomic E-state index is 6.21. The molecule has 0 aromatic carbocycles. The molecular formula is C35H48N4O2. The summed E-state index contributed by atoms with van der Waals surface area (Å²) in [6.07, 6.45) is 4.05. The summed E-state index contributed by atoms with van der Waals surface area (Å²) < 4.78 is 12.1. The molecular weight excluding hydrogens is 508 g/mol. The van der Waals surface area contributed by atoms with Crippen molar-refractivity contribution in [2.45, 2.75) is 109 Å². The van der Waals surface area contributed by atoms with Gasteiger partial charge in [-0.05, 0) is 129 Å². The highest BCUT2D eigenvalue weighted by molar-refractivity contribution is 5.46. The lowest BCUT2D eigenvalue weighted by molar-refractivity contribution is -0.161. The molecule has 6 heterocycles. The minimum Gasteiger partial charge on any atom is -0.361 e. The summed E-state index contributed by atoms with van der Waals surface area (Å²) in [6, 6.07) is 15.9. The summed E-state index contributed by atoms with van der Waals surface area (Å²) in [7, 11) is 0. The fraction of sp³-hybridized carbons (Fsp3) is 0.543. The topological polar surface area (TPSA) is 81.6 Å². The van der Waals surface area contributed by atoms with Gasteiger partial charge in [0.15, 0.2) is 6.29 Å². The maximum absolute atomic E-state index is 6.21. The van der Waals surface area contributed by atoms with Gasteiger partial charge in [-0.25, -0.2) is 0 Å². The molecule has 4 aromatic rings. The summed E-state index contributed by atoms with van der Waals surface area (Å²) in [4.78, 5) is 15.4. The fourth-order valence-electron chi connectivity index (χ4n) is 6.67. The Balaban J connectivity index is 1.46. The van der Waals surface area contributed by atoms with E-state index in [4.69, 9.17) is 9.47 Å². The van der Waals surface area contributed by atoms with E-state index in [0.29, 0.717) is 6.61 Å². The van der Waals surface area contributed by atoms with Crippen molar-refractivity contribution in [1.82, 2.24) is 19.9 Å². The smallest absolute Gasteiger partial charge is 0.157 e. The zero-order valence-corrected chi connectivity index (χ0v) is 26.2. The van der Waals surface area contributed by atoms with E-state index >= 15 is 0 Å². The molecule has 6 nitrogen and oxygen atoms in total. The van der Waals surface area contributed by atoms with Crippen molar-refractivity contribution >= 4 is 0 Å². The van der Waals surface area contributed by atoms with Crippen molar-refractivity contribution in [3.8, 4) is 0 Å². The number of fused-ring (bicyclic) bond motifs is 8. The molecule has 0 amide bonds. The van der Waals surface area contributed by atoms with Crippen LogP contribution in [0.5, 0.6) is 0 Å². The molecule has 4 aromatic heterocycles. The van der Waals surface area contributed by atoms with Gasteiger partial charge in [0.05, 0.1) is 6.61 Å². The third-order valence-electron chi connectivity index (χ3n) is 10.1. The first-order valence-electron chi connectivity index (χ1n) is 15.4. The molecule has 1 saturated heterocycles. The van der Waals surface area contributed by atoms with Gasteiger partial charge >= 0.3 is 0 Å². The molecule has 1 unspecified atom stereocenters. The van der Waals surface area contributed by atoms with Gasteiger partial charge in [0.25, 0.3) is 0 Å². The summed E-state index contributed by atoms with van der Waals surface area (Å²) in [5, 5.41) is 0. The number of H-pyrrole nitrogens is 4. The van der Waals surface area contributed by atoms with Gasteiger partial charge in [0.2, 0.25) is 0 Å². The Morgan fingerprint density at radius 1 is 0.634 bits per heavy atom. The Hall–Kier alpha value is -2.96. The molecule has 0 spiro atoms. The predicted molar refractivity (Wildman–Crippen MR) is 165 cm³/mol. The van der Waals surface area contributed by atoms with Gasteiger partial charge in [-0.15, -0.1) is 0 Å². The van der Waals surface area contributed by atoms with E-state index in [9.17, 15) is 0 Å². The lowest BCUT2D eigenvalue weighted by Crippen LogP contribution is -2.26. The van der Waals surface area contributed by atoms with Gasteiger partial charge in [-0.3, -0.25) is 0 Å². The zero-order chi connectivity index (χ0) is 29.2. The van der Waals surface area contributed by atoms with Crippen LogP contribution in [-0.4, -0.2) is 39.4 Å². The van der Waals surface area contributed by atoms with Crippen molar-refractivity contribution < 1.29 is 9.47 Å². The molecule has 0 aliphatic carbocycles. The second kappa shape index (κ2) is 9.81. The van der Waals surface area contributed by atoms with Crippen LogP contribution in [0.2, 0.25) is 0 Å². The van der Waals surface area contributed by atoms with Gasteiger partial charge < -0.3 is 29.4 Å². The van der Waals surface area contributed by atoms with Crippen molar-refractivity contribution in [2.75, 3.05) is 13.2 Å². The molecule has 220 valence electrons. The van der Waals surface area contributed by atoms with Gasteiger partial charge in [-0.1, -0.05) is 0 Å². The second-order valence-electron chi connectivity index (χ2n) is 14.4. The van der Waals surface area contributed by atoms with Crippen molar-refractivity contribution in [1.29, 1.82) is 0 Å². The lowest BCUT2D eigenvalue weighted by atomic mass is 9.83. The van der Waals surface area contributed by atoms with Crippen molar-refractivity contribution in [3.05, 3.63) is 93.6 Å². The van der Waals surface area contributed by atoms with Crippen LogP contribution >= 0.6 is 0 Å². The molecule has 4 N–H and O–H groups in total. The molecule has 2 aliphatic heterocycles. The highest BCUT2D eigenvalue weighted by atomic mass is 16.7. The SMILES string of the molecule is CC1(C)c2ccc([nH]2)C(C)(C)c2ccc([nH]2)C(C)(C)c2[nH]c(cc2CCOC2CCCCO2)C(C)(C)c2ccc1[nH]2. The molecule has 0 radical (unpaired) electrons. The van der Waals surface area contributed by atoms with Crippen LogP contribution in [0.1, 0.15) is 126 Å². The number of ether oxygens (including phenoxy) is 2. The average molecular weight is 557 g/mol. The summed E-state index contributed by atoms with van der Waals surface area (Å²) in [5.74, 6) is 0. The Bertz CT molecular complexity index is 1520. The Kier molecular flexibility index (Phi) is 6.74. The number of aromatic nitrogens is 4. The first kappa shape index (κ1) is 28.2. The summed E-state index contributed by atoms with van der Waals surface area (Å²) in [5.41, 5.74) is 10.0. The monoisotopic (exact) mass is 556 g/mol. The fourth-order valence-corrected chi connectivity index (χ4v) is 6.67. The highest BCUT2D eigenvalue weighted by Crippen LogP contribution is 2.42. The number of hydrogen-bond donors (Lipinski definition) is 4. The quantitative estimate of drug-likeness (QED) is 0.208. The molecule has 6 rings (SSSR count). The molecule has 0 saturated carbocycles. The van der Waals surface area contributed by atoms with Crippen LogP contribution in [-0.2, 0) is 37.6 Å². The molecule has 8 bridgehead atoms. The maximum Gasteiger partial charge on any atom is 0.157 e. The largest absolute Gasteiger partial charge is 0.361 e. The van der Waals surface area contributed by atoms with E-state index < -0.39 is 0 Å². The van der Waals surface area contributed by atoms with Crippen LogP contribution in [0.15, 0.2) is 42.5 Å². The van der Waals surface area contributed by atoms with E-state index in [2.05, 4.69) is 118 Å². The van der Waals surface area contributed by atoms with E-state index in [-0.39, 0.29) is 27.9 Å². The molecule has 6 heteroatoms. The first-order chi connectivity index (χ1) is 19.3. The highest BCUT2D eigenvalue weighted by Gasteiger charge is 2.37. The number of hydrogen-bond acceptors (Lipinski definition) is 2. The number of rotatable bonds is 4. The van der Waals surface area contributed by atoms with Crippen LogP contribution in [0.4, 0.5) is 0 Å². The van der Waals surface area contributed by atoms with Gasteiger partial charge in [-0.2, -0.15) is 0 Å².